The molecule has 2 amide bonds. The van der Waals surface area contributed by atoms with Gasteiger partial charge in [0.15, 0.2) is 6.04 Å². The van der Waals surface area contributed by atoms with Crippen LogP contribution < -0.4 is 10.6 Å². The molecular formula is C34H41N2O10P. The molecule has 1 unspecified atom stereocenters. The second-order valence-electron chi connectivity index (χ2n) is 10.4. The Kier molecular flexibility index (Phi) is 16.8. The number of benzene rings is 3. The van der Waals surface area contributed by atoms with Crippen LogP contribution in [0.25, 0.3) is 0 Å². The molecule has 0 aliphatic rings. The number of carbonyl (C=O) groups excluding carboxylic acids is 4. The number of amides is 2. The molecule has 0 saturated heterocycles. The predicted octanol–water partition coefficient (Wildman–Crippen LogP) is 5.26. The molecular weight excluding hydrogens is 627 g/mol. The molecule has 0 aromatic heterocycles. The molecule has 0 saturated carbocycles. The highest BCUT2D eigenvalue weighted by molar-refractivity contribution is 7.33. The lowest BCUT2D eigenvalue weighted by atomic mass is 10.1. The maximum absolute atomic E-state index is 13.0. The zero-order valence-electron chi connectivity index (χ0n) is 26.3. The third-order valence-corrected chi connectivity index (χ3v) is 7.44. The molecule has 3 aromatic carbocycles. The van der Waals surface area contributed by atoms with E-state index < -0.39 is 50.9 Å². The molecule has 0 radical (unpaired) electrons. The van der Waals surface area contributed by atoms with Crippen molar-refractivity contribution in [2.75, 3.05) is 13.2 Å². The van der Waals surface area contributed by atoms with Crippen LogP contribution in [0.1, 0.15) is 49.3 Å². The van der Waals surface area contributed by atoms with Crippen LogP contribution >= 0.6 is 8.25 Å². The van der Waals surface area contributed by atoms with Gasteiger partial charge in [0.05, 0.1) is 13.2 Å². The smallest absolute Gasteiger partial charge is 0.408 e. The van der Waals surface area contributed by atoms with Gasteiger partial charge in [0.25, 0.3) is 0 Å². The van der Waals surface area contributed by atoms with Gasteiger partial charge in [0.1, 0.15) is 25.9 Å². The lowest BCUT2D eigenvalue weighted by Gasteiger charge is -2.20. The standard InChI is InChI=1S/C34H41N2O10P/c1-2-3-21-45-47(41)46-25-30(33(39)43-23-27-15-9-5-10-16-27)35-31(37)20-19-29(32(38)42-22-26-13-7-4-8-14-26)36-34(40)44-24-28-17-11-6-12-18-28/h4-18,29-30,47H,2-3,19-25H2,1H3,(H,35,37)(H,36,40)/t29-,30-/m0/s1. The number of esters is 2. The maximum atomic E-state index is 13.0. The molecule has 0 fully saturated rings. The van der Waals surface area contributed by atoms with E-state index in [-0.39, 0.29) is 39.3 Å². The summed E-state index contributed by atoms with van der Waals surface area (Å²) in [5, 5.41) is 4.99. The van der Waals surface area contributed by atoms with Crippen LogP contribution in [0, 0.1) is 0 Å². The lowest BCUT2D eigenvalue weighted by Crippen LogP contribution is -2.46. The molecule has 3 aromatic rings. The van der Waals surface area contributed by atoms with Gasteiger partial charge in [-0.1, -0.05) is 104 Å². The maximum Gasteiger partial charge on any atom is 0.408 e. The number of unbranched alkanes of at least 4 members (excludes halogenated alkanes) is 1. The van der Waals surface area contributed by atoms with Crippen molar-refractivity contribution in [1.82, 2.24) is 10.6 Å². The van der Waals surface area contributed by atoms with Crippen molar-refractivity contribution in [3.63, 3.8) is 0 Å². The fraction of sp³-hybridized carbons (Fsp3) is 0.353. The number of alkyl carbamates (subject to hydrolysis) is 1. The normalized spacial score (nSPS) is 12.6. The van der Waals surface area contributed by atoms with Crippen molar-refractivity contribution in [3.8, 4) is 0 Å². The van der Waals surface area contributed by atoms with E-state index in [2.05, 4.69) is 10.6 Å². The molecule has 3 rings (SSSR count). The topological polar surface area (TPSA) is 156 Å². The summed E-state index contributed by atoms with van der Waals surface area (Å²) in [7, 11) is -2.93. The molecule has 47 heavy (non-hydrogen) atoms. The van der Waals surface area contributed by atoms with Gasteiger partial charge in [-0.25, -0.2) is 14.4 Å². The first-order chi connectivity index (χ1) is 22.8. The summed E-state index contributed by atoms with van der Waals surface area (Å²) in [6.45, 7) is 1.58. The van der Waals surface area contributed by atoms with Crippen molar-refractivity contribution in [1.29, 1.82) is 0 Å². The average Bonchev–Trinajstić information content (AvgIpc) is 3.10. The van der Waals surface area contributed by atoms with E-state index in [0.717, 1.165) is 23.1 Å². The molecule has 0 heterocycles. The third-order valence-electron chi connectivity index (χ3n) is 6.60. The molecule has 0 bridgehead atoms. The molecule has 0 aliphatic heterocycles. The van der Waals surface area contributed by atoms with Crippen LogP contribution in [0.3, 0.4) is 0 Å². The van der Waals surface area contributed by atoms with Crippen LogP contribution in [-0.2, 0) is 62.0 Å². The zero-order chi connectivity index (χ0) is 33.7. The van der Waals surface area contributed by atoms with E-state index in [4.69, 9.17) is 23.3 Å². The average molecular weight is 669 g/mol. The molecule has 0 spiro atoms. The minimum Gasteiger partial charge on any atom is -0.459 e. The summed E-state index contributed by atoms with van der Waals surface area (Å²) < 4.78 is 38.6. The first-order valence-electron chi connectivity index (χ1n) is 15.3. The summed E-state index contributed by atoms with van der Waals surface area (Å²) in [6, 6.07) is 24.3. The minimum atomic E-state index is -2.93. The van der Waals surface area contributed by atoms with Crippen LogP contribution in [-0.4, -0.2) is 49.2 Å². The Morgan fingerprint density at radius 1 is 0.660 bits per heavy atom. The molecule has 12 nitrogen and oxygen atoms in total. The Bertz CT molecular complexity index is 1410. The second-order valence-corrected chi connectivity index (χ2v) is 11.4. The Morgan fingerprint density at radius 2 is 1.15 bits per heavy atom. The van der Waals surface area contributed by atoms with Gasteiger partial charge in [-0.3, -0.25) is 9.36 Å². The van der Waals surface area contributed by atoms with Crippen molar-refractivity contribution in [3.05, 3.63) is 108 Å². The number of nitrogens with one attached hydrogen (secondary N) is 2. The fourth-order valence-corrected chi connectivity index (χ4v) is 4.72. The van der Waals surface area contributed by atoms with Crippen LogP contribution in [0.15, 0.2) is 91.0 Å². The number of rotatable bonds is 20. The van der Waals surface area contributed by atoms with Crippen molar-refractivity contribution in [2.45, 2.75) is 64.5 Å². The first kappa shape index (κ1) is 37.0. The van der Waals surface area contributed by atoms with Gasteiger partial charge in [0, 0.05) is 6.42 Å². The molecule has 13 heteroatoms. The predicted molar refractivity (Wildman–Crippen MR) is 173 cm³/mol. The summed E-state index contributed by atoms with van der Waals surface area (Å²) in [5.41, 5.74) is 2.21. The third kappa shape index (κ3) is 15.1. The number of ether oxygens (including phenoxy) is 3. The van der Waals surface area contributed by atoms with Gasteiger partial charge in [-0.15, -0.1) is 0 Å². The van der Waals surface area contributed by atoms with E-state index in [1.807, 2.05) is 25.1 Å². The summed E-state index contributed by atoms with van der Waals surface area (Å²) >= 11 is 0. The highest BCUT2D eigenvalue weighted by atomic mass is 31.1. The van der Waals surface area contributed by atoms with Gasteiger partial charge >= 0.3 is 26.3 Å². The summed E-state index contributed by atoms with van der Waals surface area (Å²) in [6.07, 6.45) is 0.166. The SMILES string of the molecule is CCCCO[PH](=O)OC[C@H](NC(=O)CC[C@H](NC(=O)OCc1ccccc1)C(=O)OCc1ccccc1)C(=O)OCc1ccccc1. The number of carbonyl (C=O) groups is 4. The summed E-state index contributed by atoms with van der Waals surface area (Å²) in [5.74, 6) is -2.24. The van der Waals surface area contributed by atoms with Crippen molar-refractivity contribution < 1.29 is 47.0 Å². The van der Waals surface area contributed by atoms with Crippen molar-refractivity contribution >= 4 is 32.2 Å². The Morgan fingerprint density at radius 3 is 1.66 bits per heavy atom. The van der Waals surface area contributed by atoms with Gasteiger partial charge in [-0.2, -0.15) is 0 Å². The van der Waals surface area contributed by atoms with E-state index >= 15 is 0 Å². The lowest BCUT2D eigenvalue weighted by molar-refractivity contribution is -0.150. The highest BCUT2D eigenvalue weighted by Gasteiger charge is 2.27. The number of hydrogen-bond acceptors (Lipinski definition) is 10. The highest BCUT2D eigenvalue weighted by Crippen LogP contribution is 2.24. The van der Waals surface area contributed by atoms with Crippen LogP contribution in [0.4, 0.5) is 4.79 Å². The van der Waals surface area contributed by atoms with E-state index in [1.165, 1.54) is 0 Å². The van der Waals surface area contributed by atoms with Crippen LogP contribution in [0.2, 0.25) is 0 Å². The largest absolute Gasteiger partial charge is 0.459 e. The zero-order valence-corrected chi connectivity index (χ0v) is 27.3. The molecule has 3 atom stereocenters. The van der Waals surface area contributed by atoms with E-state index in [9.17, 15) is 23.7 Å². The monoisotopic (exact) mass is 668 g/mol. The molecule has 0 aliphatic carbocycles. The van der Waals surface area contributed by atoms with Gasteiger partial charge < -0.3 is 33.9 Å². The van der Waals surface area contributed by atoms with Gasteiger partial charge in [-0.05, 0) is 29.5 Å². The van der Waals surface area contributed by atoms with Gasteiger partial charge in [0.2, 0.25) is 5.91 Å². The Balaban J connectivity index is 1.61. The quantitative estimate of drug-likeness (QED) is 0.0705. The minimum absolute atomic E-state index is 0.0307. The number of hydrogen-bond donors (Lipinski definition) is 2. The first-order valence-corrected chi connectivity index (χ1v) is 16.5. The van der Waals surface area contributed by atoms with Crippen molar-refractivity contribution in [2.24, 2.45) is 0 Å². The fourth-order valence-electron chi connectivity index (χ4n) is 4.02. The van der Waals surface area contributed by atoms with E-state index in [0.29, 0.717) is 6.42 Å². The van der Waals surface area contributed by atoms with E-state index in [1.54, 1.807) is 72.8 Å². The second kappa shape index (κ2) is 21.3. The Labute approximate surface area is 275 Å². The molecule has 252 valence electrons. The van der Waals surface area contributed by atoms with Crippen LogP contribution in [0.5, 0.6) is 0 Å². The Hall–Kier alpha value is -4.51. The molecule has 2 N–H and O–H groups in total. The summed E-state index contributed by atoms with van der Waals surface area (Å²) in [4.78, 5) is 51.6.